The van der Waals surface area contributed by atoms with Gasteiger partial charge in [0.05, 0.1) is 48.6 Å². The second kappa shape index (κ2) is 24.9. The van der Waals surface area contributed by atoms with Crippen molar-refractivity contribution in [3.63, 3.8) is 0 Å². The molecule has 0 bridgehead atoms. The molecule has 0 aliphatic carbocycles. The maximum absolute atomic E-state index is 12.6. The number of ether oxygens (including phenoxy) is 3. The van der Waals surface area contributed by atoms with Crippen molar-refractivity contribution < 1.29 is 59.2 Å². The third-order valence-corrected chi connectivity index (χ3v) is 10.3. The Kier molecular flexibility index (Phi) is 20.8. The lowest BCUT2D eigenvalue weighted by Crippen LogP contribution is -2.55. The van der Waals surface area contributed by atoms with Gasteiger partial charge in [-0.2, -0.15) is 0 Å². The summed E-state index contributed by atoms with van der Waals surface area (Å²) in [7, 11) is 0. The highest BCUT2D eigenvalue weighted by Crippen LogP contribution is 2.27. The highest BCUT2D eigenvalue weighted by molar-refractivity contribution is 5.82. The molecule has 0 radical (unpaired) electrons. The first-order valence-electron chi connectivity index (χ1n) is 20.3. The van der Waals surface area contributed by atoms with E-state index in [1.54, 1.807) is 82.4 Å². The second-order valence-electron chi connectivity index (χ2n) is 15.5. The average molecular weight is 824 g/mol. The predicted octanol–water partition coefficient (Wildman–Crippen LogP) is 4.72. The summed E-state index contributed by atoms with van der Waals surface area (Å²) in [6.45, 7) is 12.5. The lowest BCUT2D eigenvalue weighted by Gasteiger charge is -2.38. The summed E-state index contributed by atoms with van der Waals surface area (Å²) >= 11 is 0. The summed E-state index contributed by atoms with van der Waals surface area (Å²) in [5.74, 6) is -1.41. The van der Waals surface area contributed by atoms with Crippen LogP contribution in [-0.2, 0) is 19.0 Å². The monoisotopic (exact) mass is 823 g/mol. The van der Waals surface area contributed by atoms with Gasteiger partial charge in [0.15, 0.2) is 5.89 Å². The maximum Gasteiger partial charge on any atom is 0.331 e. The van der Waals surface area contributed by atoms with Crippen LogP contribution in [0.3, 0.4) is 0 Å². The van der Waals surface area contributed by atoms with E-state index in [1.807, 2.05) is 51.2 Å². The van der Waals surface area contributed by atoms with Crippen molar-refractivity contribution >= 4 is 12.0 Å². The van der Waals surface area contributed by atoms with Crippen LogP contribution in [0.5, 0.6) is 0 Å². The van der Waals surface area contributed by atoms with Crippen molar-refractivity contribution in [1.29, 1.82) is 0 Å². The Balaban J connectivity index is 1.66. The van der Waals surface area contributed by atoms with Crippen molar-refractivity contribution in [3.8, 4) is 0 Å². The van der Waals surface area contributed by atoms with Crippen LogP contribution in [0.2, 0.25) is 0 Å². The molecule has 326 valence electrons. The minimum atomic E-state index is -1.31. The van der Waals surface area contributed by atoms with E-state index in [1.165, 1.54) is 18.4 Å². The van der Waals surface area contributed by atoms with Gasteiger partial charge in [0.25, 0.3) is 0 Å². The van der Waals surface area contributed by atoms with Crippen LogP contribution in [0.1, 0.15) is 78.8 Å². The first-order chi connectivity index (χ1) is 28.0. The largest absolute Gasteiger partial charge is 0.457 e. The zero-order chi connectivity index (χ0) is 43.6. The molecule has 0 spiro atoms. The molecule has 0 amide bonds. The van der Waals surface area contributed by atoms with Gasteiger partial charge in [0, 0.05) is 24.3 Å². The first-order valence-corrected chi connectivity index (χ1v) is 20.3. The molecule has 1 aromatic rings. The number of oxazole rings is 1. The van der Waals surface area contributed by atoms with E-state index in [4.69, 9.17) is 18.6 Å². The molecule has 15 atom stereocenters. The van der Waals surface area contributed by atoms with E-state index >= 15 is 0 Å². The minimum Gasteiger partial charge on any atom is -0.457 e. The molecule has 1 aromatic heterocycles. The van der Waals surface area contributed by atoms with Gasteiger partial charge >= 0.3 is 5.97 Å². The molecule has 2 aliphatic heterocycles. The quantitative estimate of drug-likeness (QED) is 0.0945. The van der Waals surface area contributed by atoms with E-state index < -0.39 is 91.1 Å². The number of rotatable bonds is 15. The van der Waals surface area contributed by atoms with E-state index in [0.29, 0.717) is 11.6 Å². The van der Waals surface area contributed by atoms with Gasteiger partial charge in [0.1, 0.15) is 42.5 Å². The number of hydrogen-bond acceptors (Lipinski definition) is 13. The van der Waals surface area contributed by atoms with Gasteiger partial charge in [-0.25, -0.2) is 9.78 Å². The Hall–Kier alpha value is -4.02. The summed E-state index contributed by atoms with van der Waals surface area (Å²) in [6.07, 6.45) is 20.2. The van der Waals surface area contributed by atoms with E-state index in [-0.39, 0.29) is 18.8 Å². The molecule has 10 unspecified atom stereocenters. The van der Waals surface area contributed by atoms with Crippen LogP contribution in [0.4, 0.5) is 0 Å². The Bertz CT molecular complexity index is 1700. The van der Waals surface area contributed by atoms with E-state index in [9.17, 15) is 40.5 Å². The van der Waals surface area contributed by atoms with Gasteiger partial charge in [-0.3, -0.25) is 0 Å². The molecule has 1 saturated heterocycles. The molecule has 2 aliphatic rings. The number of carbonyl (C=O) groups is 1. The number of aliphatic hydroxyl groups is 7. The number of nitrogens with zero attached hydrogens (tertiary/aromatic N) is 1. The smallest absolute Gasteiger partial charge is 0.331 e. The third kappa shape index (κ3) is 16.5. The Labute approximate surface area is 348 Å². The molecule has 0 aromatic carbocycles. The Morgan fingerprint density at radius 2 is 1.41 bits per heavy atom. The van der Waals surface area contributed by atoms with Gasteiger partial charge in [-0.15, -0.1) is 0 Å². The molecule has 3 heterocycles. The summed E-state index contributed by atoms with van der Waals surface area (Å²) in [4.78, 5) is 17.1. The maximum atomic E-state index is 12.6. The Morgan fingerprint density at radius 1 is 0.746 bits per heavy atom. The number of carbonyl (C=O) groups excluding carboxylic acids is 1. The lowest BCUT2D eigenvalue weighted by atomic mass is 9.90. The van der Waals surface area contributed by atoms with Crippen molar-refractivity contribution in [2.45, 2.75) is 140 Å². The standard InChI is InChI=1S/C46H65NO12/c1-28-18-12-8-11-15-23-41(52)58-34(7)45(31(4)37(50)25-30(3)48)59-39(29(2)24-28)21-17-16-19-35-27-56-46(47-35)32(5)38(51)26-36(49)20-13-9-10-14-22-40-43(54)44(55)42(53)33(6)57-40/h8-24,27,29-34,36-40,42-45,48-51,53-55H,25-26H2,1-7H3/b10-9+,11-8+,18-12-,19-16+,20-13+,21-17-,22-14?,23-15-,28-24+/t29?,30?,31?,32?,33-,34?,36?,37?,38?,39?,40+,42-,43+,44+,45?/m1/s1. The molecule has 13 nitrogen and oxygen atoms in total. The summed E-state index contributed by atoms with van der Waals surface area (Å²) in [5.41, 5.74) is 1.51. The normalized spacial score (nSPS) is 33.6. The van der Waals surface area contributed by atoms with Crippen LogP contribution >= 0.6 is 0 Å². The lowest BCUT2D eigenvalue weighted by molar-refractivity contribution is -0.203. The van der Waals surface area contributed by atoms with Crippen LogP contribution in [0.25, 0.3) is 6.08 Å². The van der Waals surface area contributed by atoms with Gasteiger partial charge in [-0.1, -0.05) is 117 Å². The summed E-state index contributed by atoms with van der Waals surface area (Å²) < 4.78 is 23.6. The number of aromatic nitrogens is 1. The van der Waals surface area contributed by atoms with Crippen molar-refractivity contribution in [2.75, 3.05) is 0 Å². The highest BCUT2D eigenvalue weighted by Gasteiger charge is 2.40. The highest BCUT2D eigenvalue weighted by atomic mass is 16.6. The fourth-order valence-electron chi connectivity index (χ4n) is 6.64. The fraction of sp³-hybridized carbons (Fsp3) is 0.522. The fourth-order valence-corrected chi connectivity index (χ4v) is 6.64. The van der Waals surface area contributed by atoms with Crippen molar-refractivity contribution in [3.05, 3.63) is 121 Å². The van der Waals surface area contributed by atoms with Gasteiger partial charge in [-0.05, 0) is 40.2 Å². The minimum absolute atomic E-state index is 0.0298. The molecule has 1 fully saturated rings. The molecular weight excluding hydrogens is 759 g/mol. The van der Waals surface area contributed by atoms with Crippen LogP contribution in [0, 0.1) is 11.8 Å². The van der Waals surface area contributed by atoms with Gasteiger partial charge in [0.2, 0.25) is 0 Å². The van der Waals surface area contributed by atoms with Crippen LogP contribution in [0.15, 0.2) is 113 Å². The molecular formula is C46H65NO12. The molecule has 59 heavy (non-hydrogen) atoms. The zero-order valence-electron chi connectivity index (χ0n) is 35.1. The SMILES string of the molecule is CC1=C\C(C)C(/C=C\C=C\c2coc(C(C)C(O)CC(O)/C=C/C=C/C=C[C@@H]3O[C@H](C)[C@@H](O)[C@H](O)[C@H]3O)n2)OC(C(C)C(O)CC(C)O)C(C)OC(=O)\C=C/C=C/C=C\1. The Morgan fingerprint density at radius 3 is 2.12 bits per heavy atom. The molecule has 0 saturated carbocycles. The second-order valence-corrected chi connectivity index (χ2v) is 15.5. The third-order valence-electron chi connectivity index (χ3n) is 10.3. The first kappa shape index (κ1) is 49.3. The number of cyclic esters (lactones) is 1. The topological polar surface area (TPSA) is 212 Å². The van der Waals surface area contributed by atoms with Gasteiger partial charge < -0.3 is 54.4 Å². The van der Waals surface area contributed by atoms with Crippen LogP contribution in [-0.4, -0.2) is 120 Å². The number of aliphatic hydroxyl groups excluding tert-OH is 7. The number of hydrogen-bond donors (Lipinski definition) is 7. The zero-order valence-corrected chi connectivity index (χ0v) is 35.1. The summed E-state index contributed by atoms with van der Waals surface area (Å²) in [5, 5.41) is 72.2. The predicted molar refractivity (Wildman–Crippen MR) is 226 cm³/mol. The number of esters is 1. The molecule has 7 N–H and O–H groups in total. The average Bonchev–Trinajstić information content (AvgIpc) is 3.65. The van der Waals surface area contributed by atoms with E-state index in [2.05, 4.69) is 11.1 Å². The van der Waals surface area contributed by atoms with E-state index in [0.717, 1.165) is 5.57 Å². The van der Waals surface area contributed by atoms with Crippen molar-refractivity contribution in [1.82, 2.24) is 4.98 Å². The van der Waals surface area contributed by atoms with Crippen molar-refractivity contribution in [2.24, 2.45) is 11.8 Å². The molecule has 3 rings (SSSR count). The molecule has 13 heteroatoms. The van der Waals surface area contributed by atoms with Crippen LogP contribution < -0.4 is 0 Å². The summed E-state index contributed by atoms with van der Waals surface area (Å²) in [6, 6.07) is 0. The number of allylic oxidation sites excluding steroid dienone is 12.